The summed E-state index contributed by atoms with van der Waals surface area (Å²) in [6.45, 7) is 2.78. The number of carbonyl (C=O) groups is 2. The standard InChI is InChI=1S/C15H17ClN2O2/c1-2-3-8-17-13-6-7-14(19)18(13)12-5-4-10(16)9-11(12)15(17)20/h4-5,9,13H,2-3,6-8H2,1H3. The van der Waals surface area contributed by atoms with Crippen LogP contribution in [0.2, 0.25) is 5.02 Å². The summed E-state index contributed by atoms with van der Waals surface area (Å²) in [6, 6.07) is 5.18. The minimum atomic E-state index is -0.116. The van der Waals surface area contributed by atoms with Crippen LogP contribution in [0.25, 0.3) is 0 Å². The minimum absolute atomic E-state index is 0.00750. The second kappa shape index (κ2) is 5.09. The zero-order chi connectivity index (χ0) is 14.3. The van der Waals surface area contributed by atoms with Gasteiger partial charge in [0.1, 0.15) is 6.17 Å². The fourth-order valence-corrected chi connectivity index (χ4v) is 3.19. The Morgan fingerprint density at radius 1 is 1.35 bits per heavy atom. The average molecular weight is 293 g/mol. The molecule has 2 heterocycles. The van der Waals surface area contributed by atoms with E-state index in [9.17, 15) is 9.59 Å². The van der Waals surface area contributed by atoms with E-state index in [1.807, 2.05) is 4.90 Å². The molecule has 1 aromatic carbocycles. The Morgan fingerprint density at radius 3 is 2.90 bits per heavy atom. The Bertz CT molecular complexity index is 573. The van der Waals surface area contributed by atoms with Gasteiger partial charge in [0, 0.05) is 18.0 Å². The molecule has 2 aliphatic rings. The van der Waals surface area contributed by atoms with Crippen molar-refractivity contribution in [2.45, 2.75) is 38.8 Å². The van der Waals surface area contributed by atoms with Crippen LogP contribution in [-0.2, 0) is 4.79 Å². The molecular formula is C15H17ClN2O2. The van der Waals surface area contributed by atoms with Crippen LogP contribution in [0.3, 0.4) is 0 Å². The van der Waals surface area contributed by atoms with E-state index in [4.69, 9.17) is 11.6 Å². The van der Waals surface area contributed by atoms with Crippen molar-refractivity contribution >= 4 is 29.1 Å². The summed E-state index contributed by atoms with van der Waals surface area (Å²) in [5, 5.41) is 0.526. The van der Waals surface area contributed by atoms with E-state index in [1.54, 1.807) is 23.1 Å². The molecule has 0 bridgehead atoms. The third-order valence-electron chi connectivity index (χ3n) is 4.00. The van der Waals surface area contributed by atoms with Gasteiger partial charge in [0.05, 0.1) is 11.3 Å². The maximum absolute atomic E-state index is 12.7. The third-order valence-corrected chi connectivity index (χ3v) is 4.24. The first-order valence-electron chi connectivity index (χ1n) is 7.06. The molecule has 1 saturated heterocycles. The topological polar surface area (TPSA) is 40.6 Å². The van der Waals surface area contributed by atoms with Crippen molar-refractivity contribution in [3.63, 3.8) is 0 Å². The van der Waals surface area contributed by atoms with Crippen molar-refractivity contribution in [1.29, 1.82) is 0 Å². The summed E-state index contributed by atoms with van der Waals surface area (Å²) in [4.78, 5) is 28.4. The fraction of sp³-hybridized carbons (Fsp3) is 0.467. The number of anilines is 1. The van der Waals surface area contributed by atoms with Gasteiger partial charge in [-0.25, -0.2) is 0 Å². The van der Waals surface area contributed by atoms with E-state index in [-0.39, 0.29) is 18.0 Å². The Morgan fingerprint density at radius 2 is 2.15 bits per heavy atom. The highest BCUT2D eigenvalue weighted by molar-refractivity contribution is 6.31. The highest BCUT2D eigenvalue weighted by atomic mass is 35.5. The zero-order valence-electron chi connectivity index (χ0n) is 11.4. The maximum atomic E-state index is 12.7. The number of unbranched alkanes of at least 4 members (excludes halogenated alkanes) is 1. The average Bonchev–Trinajstić information content (AvgIpc) is 2.81. The normalized spacial score (nSPS) is 21.2. The van der Waals surface area contributed by atoms with Crippen LogP contribution >= 0.6 is 11.6 Å². The van der Waals surface area contributed by atoms with Crippen LogP contribution in [0.4, 0.5) is 5.69 Å². The summed E-state index contributed by atoms with van der Waals surface area (Å²) in [5.41, 5.74) is 1.25. The van der Waals surface area contributed by atoms with Gasteiger partial charge in [-0.15, -0.1) is 0 Å². The van der Waals surface area contributed by atoms with E-state index in [1.165, 1.54) is 0 Å². The molecule has 1 unspecified atom stereocenters. The lowest BCUT2D eigenvalue weighted by molar-refractivity contribution is -0.117. The Hall–Kier alpha value is -1.55. The van der Waals surface area contributed by atoms with Gasteiger partial charge < -0.3 is 4.90 Å². The second-order valence-corrected chi connectivity index (χ2v) is 5.73. The number of amides is 2. The molecule has 0 saturated carbocycles. The molecule has 0 aliphatic carbocycles. The van der Waals surface area contributed by atoms with Gasteiger partial charge in [0.25, 0.3) is 5.91 Å². The SMILES string of the molecule is CCCCN1C(=O)c2cc(Cl)ccc2N2C(=O)CCC12. The Labute approximate surface area is 123 Å². The second-order valence-electron chi connectivity index (χ2n) is 5.30. The molecule has 0 N–H and O–H groups in total. The molecular weight excluding hydrogens is 276 g/mol. The molecule has 4 nitrogen and oxygen atoms in total. The van der Waals surface area contributed by atoms with Gasteiger partial charge in [-0.05, 0) is 31.0 Å². The van der Waals surface area contributed by atoms with Gasteiger partial charge in [-0.1, -0.05) is 24.9 Å². The minimum Gasteiger partial charge on any atom is -0.318 e. The Balaban J connectivity index is 2.06. The van der Waals surface area contributed by atoms with Crippen LogP contribution in [-0.4, -0.2) is 29.4 Å². The number of hydrogen-bond donors (Lipinski definition) is 0. The van der Waals surface area contributed by atoms with Gasteiger partial charge in [-0.2, -0.15) is 0 Å². The number of fused-ring (bicyclic) bond motifs is 3. The predicted octanol–water partition coefficient (Wildman–Crippen LogP) is 3.05. The molecule has 1 fully saturated rings. The first-order valence-corrected chi connectivity index (χ1v) is 7.44. The summed E-state index contributed by atoms with van der Waals surface area (Å²) in [7, 11) is 0. The van der Waals surface area contributed by atoms with Crippen molar-refractivity contribution in [3.05, 3.63) is 28.8 Å². The Kier molecular flexibility index (Phi) is 3.42. The number of nitrogens with zero attached hydrogens (tertiary/aromatic N) is 2. The van der Waals surface area contributed by atoms with Crippen molar-refractivity contribution in [2.75, 3.05) is 11.4 Å². The molecule has 2 amide bonds. The summed E-state index contributed by atoms with van der Waals surface area (Å²) >= 11 is 6.00. The smallest absolute Gasteiger partial charge is 0.257 e. The van der Waals surface area contributed by atoms with E-state index >= 15 is 0 Å². The van der Waals surface area contributed by atoms with Gasteiger partial charge in [0.2, 0.25) is 5.91 Å². The van der Waals surface area contributed by atoms with Crippen LogP contribution in [0, 0.1) is 0 Å². The zero-order valence-corrected chi connectivity index (χ0v) is 12.2. The van der Waals surface area contributed by atoms with Gasteiger partial charge in [0.15, 0.2) is 0 Å². The summed E-state index contributed by atoms with van der Waals surface area (Å²) in [6.07, 6.45) is 3.07. The number of hydrogen-bond acceptors (Lipinski definition) is 2. The first-order chi connectivity index (χ1) is 9.63. The maximum Gasteiger partial charge on any atom is 0.257 e. The quantitative estimate of drug-likeness (QED) is 0.859. The van der Waals surface area contributed by atoms with E-state index in [2.05, 4.69) is 6.92 Å². The van der Waals surface area contributed by atoms with Gasteiger partial charge in [-0.3, -0.25) is 14.5 Å². The summed E-state index contributed by atoms with van der Waals surface area (Å²) in [5.74, 6) is 0.0828. The molecule has 2 aliphatic heterocycles. The van der Waals surface area contributed by atoms with E-state index < -0.39 is 0 Å². The van der Waals surface area contributed by atoms with E-state index in [0.717, 1.165) is 19.3 Å². The lowest BCUT2D eigenvalue weighted by Gasteiger charge is -2.40. The molecule has 0 spiro atoms. The third kappa shape index (κ3) is 1.99. The number of halogens is 1. The van der Waals surface area contributed by atoms with Crippen molar-refractivity contribution in [1.82, 2.24) is 4.90 Å². The van der Waals surface area contributed by atoms with E-state index in [0.29, 0.717) is 29.2 Å². The molecule has 0 aromatic heterocycles. The van der Waals surface area contributed by atoms with Crippen molar-refractivity contribution < 1.29 is 9.59 Å². The van der Waals surface area contributed by atoms with Crippen molar-refractivity contribution in [2.24, 2.45) is 0 Å². The molecule has 3 rings (SSSR count). The molecule has 1 atom stereocenters. The van der Waals surface area contributed by atoms with Crippen LogP contribution in [0.1, 0.15) is 43.0 Å². The van der Waals surface area contributed by atoms with Crippen LogP contribution < -0.4 is 4.90 Å². The number of rotatable bonds is 3. The van der Waals surface area contributed by atoms with Crippen LogP contribution in [0.15, 0.2) is 18.2 Å². The van der Waals surface area contributed by atoms with Crippen LogP contribution in [0.5, 0.6) is 0 Å². The first kappa shape index (κ1) is 13.4. The lowest BCUT2D eigenvalue weighted by Crippen LogP contribution is -2.53. The highest BCUT2D eigenvalue weighted by Crippen LogP contribution is 2.38. The number of carbonyl (C=O) groups excluding carboxylic acids is 2. The monoisotopic (exact) mass is 292 g/mol. The lowest BCUT2D eigenvalue weighted by atomic mass is 10.1. The molecule has 0 radical (unpaired) electrons. The molecule has 20 heavy (non-hydrogen) atoms. The summed E-state index contributed by atoms with van der Waals surface area (Å²) < 4.78 is 0. The highest BCUT2D eigenvalue weighted by Gasteiger charge is 2.43. The van der Waals surface area contributed by atoms with Crippen molar-refractivity contribution in [3.8, 4) is 0 Å². The van der Waals surface area contributed by atoms with Gasteiger partial charge >= 0.3 is 0 Å². The number of benzene rings is 1. The fourth-order valence-electron chi connectivity index (χ4n) is 3.02. The molecule has 106 valence electrons. The molecule has 5 heteroatoms. The molecule has 1 aromatic rings. The predicted molar refractivity (Wildman–Crippen MR) is 77.9 cm³/mol. The largest absolute Gasteiger partial charge is 0.318 e.